The maximum Gasteiger partial charge on any atom is 0.168 e. The second kappa shape index (κ2) is 8.91. The Morgan fingerprint density at radius 3 is 2.19 bits per heavy atom. The van der Waals surface area contributed by atoms with E-state index in [-0.39, 0.29) is 16.7 Å². The minimum atomic E-state index is -0.309. The maximum atomic E-state index is 12.7. The molecule has 27 heavy (non-hydrogen) atoms. The zero-order valence-corrected chi connectivity index (χ0v) is 18.1. The first kappa shape index (κ1) is 21.5. The van der Waals surface area contributed by atoms with Gasteiger partial charge in [0.1, 0.15) is 0 Å². The highest BCUT2D eigenvalue weighted by atomic mass is 16.1. The van der Waals surface area contributed by atoms with Crippen LogP contribution in [0.1, 0.15) is 90.4 Å². The molecule has 0 bridgehead atoms. The Labute approximate surface area is 165 Å². The van der Waals surface area contributed by atoms with Crippen LogP contribution in [0.4, 0.5) is 5.69 Å². The van der Waals surface area contributed by atoms with E-state index in [0.717, 1.165) is 29.5 Å². The summed E-state index contributed by atoms with van der Waals surface area (Å²) in [4.78, 5) is 12.7. The number of hydrogen-bond acceptors (Lipinski definition) is 2. The SMILES string of the molecule is CCCCCC(C)(CC)Nc1ccc2cc(C(=O)C(C)(C)CC)ccc2c1. The average Bonchev–Trinajstić information content (AvgIpc) is 2.67. The van der Waals surface area contributed by atoms with Crippen molar-refractivity contribution in [2.45, 2.75) is 85.6 Å². The molecule has 0 aliphatic rings. The van der Waals surface area contributed by atoms with Gasteiger partial charge in [0.15, 0.2) is 5.78 Å². The number of benzene rings is 2. The van der Waals surface area contributed by atoms with E-state index in [0.29, 0.717) is 0 Å². The Bertz CT molecular complexity index is 777. The molecule has 0 amide bonds. The molecule has 148 valence electrons. The molecule has 0 saturated carbocycles. The van der Waals surface area contributed by atoms with Crippen molar-refractivity contribution in [1.82, 2.24) is 0 Å². The number of ketones is 1. The third kappa shape index (κ3) is 5.34. The summed E-state index contributed by atoms with van der Waals surface area (Å²) in [6, 6.07) is 12.6. The summed E-state index contributed by atoms with van der Waals surface area (Å²) >= 11 is 0. The normalized spacial score (nSPS) is 14.1. The van der Waals surface area contributed by atoms with Gasteiger partial charge in [0.25, 0.3) is 0 Å². The first-order chi connectivity index (χ1) is 12.7. The smallest absolute Gasteiger partial charge is 0.168 e. The number of fused-ring (bicyclic) bond motifs is 1. The molecular weight excluding hydrogens is 330 g/mol. The topological polar surface area (TPSA) is 29.1 Å². The van der Waals surface area contributed by atoms with E-state index < -0.39 is 0 Å². The molecule has 2 rings (SSSR count). The second-order valence-corrected chi connectivity index (χ2v) is 8.84. The summed E-state index contributed by atoms with van der Waals surface area (Å²) in [6.45, 7) is 12.9. The van der Waals surface area contributed by atoms with Crippen molar-refractivity contribution in [1.29, 1.82) is 0 Å². The van der Waals surface area contributed by atoms with Gasteiger partial charge in [-0.15, -0.1) is 0 Å². The molecule has 0 radical (unpaired) electrons. The Morgan fingerprint density at radius 2 is 1.56 bits per heavy atom. The zero-order chi connectivity index (χ0) is 20.1. The fraction of sp³-hybridized carbons (Fsp3) is 0.560. The van der Waals surface area contributed by atoms with Gasteiger partial charge in [-0.1, -0.05) is 72.1 Å². The van der Waals surface area contributed by atoms with E-state index >= 15 is 0 Å². The predicted octanol–water partition coefficient (Wildman–Crippen LogP) is 7.62. The molecule has 1 N–H and O–H groups in total. The highest BCUT2D eigenvalue weighted by Crippen LogP contribution is 2.30. The summed E-state index contributed by atoms with van der Waals surface area (Å²) in [5.41, 5.74) is 1.80. The molecule has 2 aromatic rings. The third-order valence-corrected chi connectivity index (χ3v) is 6.16. The van der Waals surface area contributed by atoms with Gasteiger partial charge >= 0.3 is 0 Å². The number of anilines is 1. The van der Waals surface area contributed by atoms with E-state index in [1.807, 2.05) is 26.0 Å². The number of unbranched alkanes of at least 4 members (excludes halogenated alkanes) is 2. The Kier molecular flexibility index (Phi) is 7.08. The van der Waals surface area contributed by atoms with Crippen LogP contribution in [0.25, 0.3) is 10.8 Å². The summed E-state index contributed by atoms with van der Waals surface area (Å²) in [5.74, 6) is 0.226. The van der Waals surface area contributed by atoms with Gasteiger partial charge in [-0.05, 0) is 55.2 Å². The lowest BCUT2D eigenvalue weighted by atomic mass is 9.81. The van der Waals surface area contributed by atoms with Crippen LogP contribution in [0.2, 0.25) is 0 Å². The lowest BCUT2D eigenvalue weighted by Gasteiger charge is -2.31. The Balaban J connectivity index is 2.23. The molecule has 0 aliphatic carbocycles. The molecule has 0 heterocycles. The zero-order valence-electron chi connectivity index (χ0n) is 18.1. The molecule has 0 aliphatic heterocycles. The van der Waals surface area contributed by atoms with Crippen LogP contribution >= 0.6 is 0 Å². The van der Waals surface area contributed by atoms with Crippen LogP contribution in [0.15, 0.2) is 36.4 Å². The van der Waals surface area contributed by atoms with Gasteiger partial charge in [0.05, 0.1) is 0 Å². The lowest BCUT2D eigenvalue weighted by Crippen LogP contribution is -2.33. The summed E-state index contributed by atoms with van der Waals surface area (Å²) < 4.78 is 0. The summed E-state index contributed by atoms with van der Waals surface area (Å²) in [6.07, 6.45) is 6.95. The van der Waals surface area contributed by atoms with Crippen molar-refractivity contribution < 1.29 is 4.79 Å². The Morgan fingerprint density at radius 1 is 0.889 bits per heavy atom. The molecule has 0 spiro atoms. The molecule has 1 unspecified atom stereocenters. The van der Waals surface area contributed by atoms with Crippen molar-refractivity contribution in [3.05, 3.63) is 42.0 Å². The van der Waals surface area contributed by atoms with Crippen molar-refractivity contribution in [2.24, 2.45) is 5.41 Å². The monoisotopic (exact) mass is 367 g/mol. The van der Waals surface area contributed by atoms with E-state index in [2.05, 4.69) is 57.3 Å². The van der Waals surface area contributed by atoms with Gasteiger partial charge in [-0.2, -0.15) is 0 Å². The van der Waals surface area contributed by atoms with E-state index in [1.165, 1.54) is 31.1 Å². The van der Waals surface area contributed by atoms with Crippen LogP contribution in [0.3, 0.4) is 0 Å². The predicted molar refractivity (Wildman–Crippen MR) is 119 cm³/mol. The average molecular weight is 368 g/mol. The van der Waals surface area contributed by atoms with Crippen molar-refractivity contribution in [3.63, 3.8) is 0 Å². The van der Waals surface area contributed by atoms with Gasteiger partial charge in [-0.3, -0.25) is 4.79 Å². The highest BCUT2D eigenvalue weighted by Gasteiger charge is 2.26. The van der Waals surface area contributed by atoms with E-state index in [1.54, 1.807) is 0 Å². The van der Waals surface area contributed by atoms with Crippen LogP contribution in [0.5, 0.6) is 0 Å². The number of carbonyl (C=O) groups is 1. The molecule has 1 atom stereocenters. The molecule has 2 aromatic carbocycles. The number of Topliss-reactive ketones (excluding diaryl/α,β-unsaturated/α-hetero) is 1. The highest BCUT2D eigenvalue weighted by molar-refractivity contribution is 6.03. The van der Waals surface area contributed by atoms with Crippen LogP contribution in [-0.2, 0) is 0 Å². The third-order valence-electron chi connectivity index (χ3n) is 6.16. The fourth-order valence-corrected chi connectivity index (χ4v) is 3.46. The van der Waals surface area contributed by atoms with Gasteiger partial charge in [0, 0.05) is 22.2 Å². The standard InChI is InChI=1S/C25H37NO/c1-7-10-11-16-25(6,9-3)26-22-15-14-19-17-21(13-12-20(19)18-22)23(27)24(4,5)8-2/h12-15,17-18,26H,7-11,16H2,1-6H3. The number of carbonyl (C=O) groups excluding carboxylic acids is 1. The van der Waals surface area contributed by atoms with Gasteiger partial charge < -0.3 is 5.32 Å². The molecule has 0 fully saturated rings. The van der Waals surface area contributed by atoms with Gasteiger partial charge in [0.2, 0.25) is 0 Å². The minimum Gasteiger partial charge on any atom is -0.380 e. The lowest BCUT2D eigenvalue weighted by molar-refractivity contribution is 0.0833. The molecule has 2 nitrogen and oxygen atoms in total. The number of nitrogens with one attached hydrogen (secondary N) is 1. The van der Waals surface area contributed by atoms with Crippen LogP contribution in [0, 0.1) is 5.41 Å². The van der Waals surface area contributed by atoms with E-state index in [9.17, 15) is 4.79 Å². The van der Waals surface area contributed by atoms with Crippen molar-refractivity contribution in [3.8, 4) is 0 Å². The molecule has 0 saturated heterocycles. The van der Waals surface area contributed by atoms with Crippen LogP contribution in [-0.4, -0.2) is 11.3 Å². The first-order valence-electron chi connectivity index (χ1n) is 10.6. The number of hydrogen-bond donors (Lipinski definition) is 1. The van der Waals surface area contributed by atoms with Crippen molar-refractivity contribution >= 4 is 22.2 Å². The molecule has 0 aromatic heterocycles. The quantitative estimate of drug-likeness (QED) is 0.345. The summed E-state index contributed by atoms with van der Waals surface area (Å²) in [7, 11) is 0. The maximum absolute atomic E-state index is 12.7. The first-order valence-corrected chi connectivity index (χ1v) is 10.6. The second-order valence-electron chi connectivity index (χ2n) is 8.84. The molecule has 2 heteroatoms. The van der Waals surface area contributed by atoms with Crippen LogP contribution < -0.4 is 5.32 Å². The largest absolute Gasteiger partial charge is 0.380 e. The van der Waals surface area contributed by atoms with E-state index in [4.69, 9.17) is 0 Å². The minimum absolute atomic E-state index is 0.129. The van der Waals surface area contributed by atoms with Crippen molar-refractivity contribution in [2.75, 3.05) is 5.32 Å². The molecular formula is C25H37NO. The van der Waals surface area contributed by atoms with Gasteiger partial charge in [-0.25, -0.2) is 0 Å². The number of rotatable bonds is 10. The summed E-state index contributed by atoms with van der Waals surface area (Å²) in [5, 5.41) is 6.07. The fourth-order valence-electron chi connectivity index (χ4n) is 3.46. The Hall–Kier alpha value is -1.83.